The second-order valence-electron chi connectivity index (χ2n) is 1.95. The van der Waals surface area contributed by atoms with Gasteiger partial charge < -0.3 is 10.1 Å². The Morgan fingerprint density at radius 3 is 2.83 bits per heavy atom. The van der Waals surface area contributed by atoms with E-state index in [0.29, 0.717) is 6.29 Å². The lowest BCUT2D eigenvalue weighted by molar-refractivity contribution is 0.0690. The van der Waals surface area contributed by atoms with Crippen molar-refractivity contribution in [3.8, 4) is 0 Å². The van der Waals surface area contributed by atoms with Gasteiger partial charge in [-0.2, -0.15) is 4.98 Å². The maximum atomic E-state index is 10.6. The van der Waals surface area contributed by atoms with Crippen LogP contribution in [0.1, 0.15) is 21.0 Å². The number of aldehydes is 1. The summed E-state index contributed by atoms with van der Waals surface area (Å²) in [5.41, 5.74) is -1.40. The lowest BCUT2D eigenvalue weighted by atomic mass is 10.3. The number of carbonyl (C=O) groups excluding carboxylic acids is 1. The zero-order chi connectivity index (χ0) is 9.14. The normalized spacial score (nSPS) is 9.33. The van der Waals surface area contributed by atoms with Crippen LogP contribution in [0.25, 0.3) is 0 Å². The largest absolute Gasteiger partial charge is 0.477 e. The van der Waals surface area contributed by atoms with E-state index in [1.54, 1.807) is 0 Å². The van der Waals surface area contributed by atoms with Crippen molar-refractivity contribution < 1.29 is 14.7 Å². The summed E-state index contributed by atoms with van der Waals surface area (Å²) in [6, 6.07) is 0.983. The first kappa shape index (κ1) is 8.12. The lowest BCUT2D eigenvalue weighted by Crippen LogP contribution is -2.17. The van der Waals surface area contributed by atoms with Crippen LogP contribution >= 0.6 is 0 Å². The Hall–Kier alpha value is -1.98. The number of aromatic carboxylic acids is 1. The Balaban J connectivity index is 3.33. The average molecular weight is 168 g/mol. The van der Waals surface area contributed by atoms with Gasteiger partial charge in [0.25, 0.3) is 0 Å². The minimum absolute atomic E-state index is 0.104. The number of rotatable bonds is 2. The molecule has 0 aliphatic carbocycles. The van der Waals surface area contributed by atoms with E-state index in [1.165, 1.54) is 0 Å². The number of carboxylic acid groups (broad SMARTS) is 1. The van der Waals surface area contributed by atoms with Crippen molar-refractivity contribution in [2.75, 3.05) is 0 Å². The van der Waals surface area contributed by atoms with Crippen LogP contribution in [0.3, 0.4) is 0 Å². The summed E-state index contributed by atoms with van der Waals surface area (Å²) in [6.45, 7) is 0. The third kappa shape index (κ3) is 1.54. The predicted octanol–water partition coefficient (Wildman–Crippen LogP) is -0.719. The van der Waals surface area contributed by atoms with Gasteiger partial charge in [0.15, 0.2) is 12.0 Å². The van der Waals surface area contributed by atoms with Crippen LogP contribution < -0.4 is 5.69 Å². The highest BCUT2D eigenvalue weighted by Gasteiger charge is 2.06. The van der Waals surface area contributed by atoms with E-state index >= 15 is 0 Å². The van der Waals surface area contributed by atoms with Crippen molar-refractivity contribution in [2.45, 2.75) is 0 Å². The maximum absolute atomic E-state index is 10.6. The third-order valence-corrected chi connectivity index (χ3v) is 1.11. The van der Waals surface area contributed by atoms with Crippen molar-refractivity contribution in [3.63, 3.8) is 0 Å². The molecule has 0 fully saturated rings. The number of carboxylic acids is 1. The Bertz CT molecular complexity index is 381. The van der Waals surface area contributed by atoms with Gasteiger partial charge in [0.05, 0.1) is 5.69 Å². The Labute approximate surface area is 65.9 Å². The van der Waals surface area contributed by atoms with Crippen molar-refractivity contribution in [3.05, 3.63) is 27.9 Å². The van der Waals surface area contributed by atoms with Crippen LogP contribution in [-0.4, -0.2) is 27.3 Å². The van der Waals surface area contributed by atoms with E-state index < -0.39 is 17.4 Å². The summed E-state index contributed by atoms with van der Waals surface area (Å²) in [5.74, 6) is -1.34. The van der Waals surface area contributed by atoms with Crippen molar-refractivity contribution in [1.82, 2.24) is 9.97 Å². The highest BCUT2D eigenvalue weighted by Crippen LogP contribution is 1.91. The van der Waals surface area contributed by atoms with E-state index in [-0.39, 0.29) is 5.69 Å². The van der Waals surface area contributed by atoms with Gasteiger partial charge in [-0.15, -0.1) is 0 Å². The zero-order valence-corrected chi connectivity index (χ0v) is 5.77. The Kier molecular flexibility index (Phi) is 2.00. The molecule has 0 atom stereocenters. The number of aromatic amines is 1. The molecule has 0 spiro atoms. The van der Waals surface area contributed by atoms with Crippen LogP contribution in [0.4, 0.5) is 0 Å². The van der Waals surface area contributed by atoms with Gasteiger partial charge in [-0.05, 0) is 6.07 Å². The number of hydrogen-bond acceptors (Lipinski definition) is 4. The van der Waals surface area contributed by atoms with E-state index in [9.17, 15) is 14.4 Å². The molecule has 2 N–H and O–H groups in total. The van der Waals surface area contributed by atoms with E-state index in [1.807, 2.05) is 0 Å². The molecule has 0 unspecified atom stereocenters. The van der Waals surface area contributed by atoms with E-state index in [4.69, 9.17) is 5.11 Å². The molecule has 1 rings (SSSR count). The fraction of sp³-hybridized carbons (Fsp3) is 0. The number of H-pyrrole nitrogens is 1. The number of nitrogens with zero attached hydrogens (tertiary/aromatic N) is 1. The molecule has 62 valence electrons. The molecule has 6 nitrogen and oxygen atoms in total. The van der Waals surface area contributed by atoms with E-state index in [0.717, 1.165) is 6.07 Å². The lowest BCUT2D eigenvalue weighted by Gasteiger charge is -1.92. The van der Waals surface area contributed by atoms with E-state index in [2.05, 4.69) is 9.97 Å². The summed E-state index contributed by atoms with van der Waals surface area (Å²) in [7, 11) is 0. The molecule has 0 saturated carbocycles. The second kappa shape index (κ2) is 2.95. The van der Waals surface area contributed by atoms with Crippen LogP contribution in [0, 0.1) is 0 Å². The summed E-state index contributed by atoms with van der Waals surface area (Å²) < 4.78 is 0. The number of hydrogen-bond donors (Lipinski definition) is 2. The molecule has 6 heteroatoms. The predicted molar refractivity (Wildman–Crippen MR) is 37.2 cm³/mol. The van der Waals surface area contributed by atoms with Gasteiger partial charge in [0.2, 0.25) is 0 Å². The molecule has 1 aromatic rings. The van der Waals surface area contributed by atoms with Crippen LogP contribution in [0.5, 0.6) is 0 Å². The molecule has 12 heavy (non-hydrogen) atoms. The van der Waals surface area contributed by atoms with Crippen LogP contribution in [-0.2, 0) is 0 Å². The van der Waals surface area contributed by atoms with Gasteiger partial charge in [0, 0.05) is 0 Å². The summed E-state index contributed by atoms with van der Waals surface area (Å²) in [4.78, 5) is 36.2. The first-order chi connectivity index (χ1) is 5.63. The minimum atomic E-state index is -1.34. The van der Waals surface area contributed by atoms with Crippen molar-refractivity contribution in [1.29, 1.82) is 0 Å². The molecular weight excluding hydrogens is 164 g/mol. The molecule has 0 bridgehead atoms. The van der Waals surface area contributed by atoms with Crippen molar-refractivity contribution >= 4 is 12.3 Å². The highest BCUT2D eigenvalue weighted by atomic mass is 16.4. The molecule has 0 saturated heterocycles. The highest BCUT2D eigenvalue weighted by molar-refractivity contribution is 5.87. The Morgan fingerprint density at radius 2 is 2.33 bits per heavy atom. The smallest absolute Gasteiger partial charge is 0.354 e. The molecule has 0 amide bonds. The minimum Gasteiger partial charge on any atom is -0.477 e. The number of nitrogens with one attached hydrogen (secondary N) is 1. The molecular formula is C6H4N2O4. The monoisotopic (exact) mass is 168 g/mol. The summed E-state index contributed by atoms with van der Waals surface area (Å²) in [6.07, 6.45) is 0.343. The molecule has 1 aromatic heterocycles. The van der Waals surface area contributed by atoms with Crippen LogP contribution in [0.15, 0.2) is 10.9 Å². The first-order valence-electron chi connectivity index (χ1n) is 2.93. The summed E-state index contributed by atoms with van der Waals surface area (Å²) >= 11 is 0. The van der Waals surface area contributed by atoms with Gasteiger partial charge in [-0.25, -0.2) is 9.59 Å². The van der Waals surface area contributed by atoms with Gasteiger partial charge >= 0.3 is 11.7 Å². The first-order valence-corrected chi connectivity index (χ1v) is 2.93. The summed E-state index contributed by atoms with van der Waals surface area (Å²) in [5, 5.41) is 8.40. The topological polar surface area (TPSA) is 100 Å². The maximum Gasteiger partial charge on any atom is 0.354 e. The standard InChI is InChI=1S/C6H4N2O4/c9-2-3-1-4(5(10)11)8-6(12)7-3/h1-2H,(H,10,11)(H,7,8,12). The third-order valence-electron chi connectivity index (χ3n) is 1.11. The van der Waals surface area contributed by atoms with Crippen molar-refractivity contribution in [2.24, 2.45) is 0 Å². The average Bonchev–Trinajstić information content (AvgIpc) is 2.03. The molecule has 0 aliphatic heterocycles. The fourth-order valence-corrected chi connectivity index (χ4v) is 0.650. The quantitative estimate of drug-likeness (QED) is 0.567. The second-order valence-corrected chi connectivity index (χ2v) is 1.95. The van der Waals surface area contributed by atoms with Crippen LogP contribution in [0.2, 0.25) is 0 Å². The molecule has 0 radical (unpaired) electrons. The fourth-order valence-electron chi connectivity index (χ4n) is 0.650. The van der Waals surface area contributed by atoms with Gasteiger partial charge in [0.1, 0.15) is 0 Å². The molecule has 0 aromatic carbocycles. The number of carbonyl (C=O) groups is 2. The molecule has 0 aliphatic rings. The number of aromatic nitrogens is 2. The SMILES string of the molecule is O=Cc1cc(C(=O)O)nc(=O)[nH]1. The van der Waals surface area contributed by atoms with Gasteiger partial charge in [-0.1, -0.05) is 0 Å². The van der Waals surface area contributed by atoms with Gasteiger partial charge in [-0.3, -0.25) is 4.79 Å². The molecule has 1 heterocycles. The Morgan fingerprint density at radius 1 is 1.67 bits per heavy atom. The zero-order valence-electron chi connectivity index (χ0n) is 5.77.